The minimum atomic E-state index is -0.126. The summed E-state index contributed by atoms with van der Waals surface area (Å²) >= 11 is 0. The van der Waals surface area contributed by atoms with E-state index in [9.17, 15) is 4.79 Å². The molecular weight excluding hydrogens is 338 g/mol. The van der Waals surface area contributed by atoms with Crippen LogP contribution in [0.25, 0.3) is 10.9 Å². The molecular formula is C22H19N3O2. The van der Waals surface area contributed by atoms with Crippen LogP contribution in [-0.4, -0.2) is 36.0 Å². The van der Waals surface area contributed by atoms with Crippen molar-refractivity contribution >= 4 is 22.5 Å². The van der Waals surface area contributed by atoms with Crippen LogP contribution in [0.2, 0.25) is 0 Å². The zero-order valence-corrected chi connectivity index (χ0v) is 15.0. The minimum absolute atomic E-state index is 0.0936. The van der Waals surface area contributed by atoms with E-state index >= 15 is 0 Å². The van der Waals surface area contributed by atoms with Gasteiger partial charge in [-0.05, 0) is 42.3 Å². The van der Waals surface area contributed by atoms with Crippen LogP contribution in [0.15, 0.2) is 42.5 Å². The number of anilines is 1. The SMILES string of the molecule is C#CCOc1ccc2[nH]c3c(c2c1)CCN1C(=O)c2ccccc2N(C)[C@H]31. The third kappa shape index (κ3) is 2.23. The van der Waals surface area contributed by atoms with Crippen LogP contribution < -0.4 is 9.64 Å². The monoisotopic (exact) mass is 357 g/mol. The van der Waals surface area contributed by atoms with Crippen molar-refractivity contribution in [3.05, 3.63) is 59.3 Å². The number of H-pyrrole nitrogens is 1. The molecule has 0 spiro atoms. The lowest BCUT2D eigenvalue weighted by atomic mass is 9.96. The zero-order chi connectivity index (χ0) is 18.5. The highest BCUT2D eigenvalue weighted by atomic mass is 16.5. The van der Waals surface area contributed by atoms with Gasteiger partial charge in [-0.2, -0.15) is 0 Å². The molecule has 2 aliphatic heterocycles. The molecule has 0 unspecified atom stereocenters. The van der Waals surface area contributed by atoms with Crippen LogP contribution in [0.5, 0.6) is 5.75 Å². The van der Waals surface area contributed by atoms with Crippen LogP contribution in [-0.2, 0) is 6.42 Å². The number of benzene rings is 2. The van der Waals surface area contributed by atoms with Gasteiger partial charge in [0.15, 0.2) is 0 Å². The first-order valence-corrected chi connectivity index (χ1v) is 9.02. The maximum Gasteiger partial charge on any atom is 0.257 e. The summed E-state index contributed by atoms with van der Waals surface area (Å²) in [5, 5.41) is 1.14. The topological polar surface area (TPSA) is 48.6 Å². The highest BCUT2D eigenvalue weighted by molar-refractivity contribution is 6.02. The van der Waals surface area contributed by atoms with E-state index in [0.29, 0.717) is 6.54 Å². The molecule has 0 aliphatic carbocycles. The second kappa shape index (κ2) is 5.82. The van der Waals surface area contributed by atoms with E-state index in [1.54, 1.807) is 0 Å². The van der Waals surface area contributed by atoms with Crippen molar-refractivity contribution < 1.29 is 9.53 Å². The van der Waals surface area contributed by atoms with E-state index in [4.69, 9.17) is 11.2 Å². The number of carbonyl (C=O) groups is 1. The smallest absolute Gasteiger partial charge is 0.257 e. The summed E-state index contributed by atoms with van der Waals surface area (Å²) < 4.78 is 5.59. The molecule has 0 fully saturated rings. The highest BCUT2D eigenvalue weighted by Gasteiger charge is 2.41. The van der Waals surface area contributed by atoms with Crippen molar-refractivity contribution in [3.8, 4) is 18.1 Å². The Labute approximate surface area is 157 Å². The lowest BCUT2D eigenvalue weighted by Crippen LogP contribution is -2.51. The molecule has 1 N–H and O–H groups in total. The molecule has 1 amide bonds. The van der Waals surface area contributed by atoms with E-state index in [-0.39, 0.29) is 18.7 Å². The van der Waals surface area contributed by atoms with Crippen molar-refractivity contribution in [1.82, 2.24) is 9.88 Å². The average molecular weight is 357 g/mol. The van der Waals surface area contributed by atoms with Gasteiger partial charge in [0.2, 0.25) is 0 Å². The number of para-hydroxylation sites is 1. The molecule has 3 heterocycles. The number of aromatic amines is 1. The molecule has 2 aliphatic rings. The minimum Gasteiger partial charge on any atom is -0.481 e. The fourth-order valence-corrected chi connectivity index (χ4v) is 4.33. The van der Waals surface area contributed by atoms with Gasteiger partial charge in [0.25, 0.3) is 5.91 Å². The summed E-state index contributed by atoms with van der Waals surface area (Å²) in [7, 11) is 2.05. The summed E-state index contributed by atoms with van der Waals surface area (Å²) in [4.78, 5) is 20.7. The molecule has 0 bridgehead atoms. The van der Waals surface area contributed by atoms with Crippen molar-refractivity contribution in [2.75, 3.05) is 25.1 Å². The first-order valence-electron chi connectivity index (χ1n) is 9.02. The van der Waals surface area contributed by atoms with Gasteiger partial charge in [-0.1, -0.05) is 18.1 Å². The van der Waals surface area contributed by atoms with Crippen LogP contribution in [0, 0.1) is 12.3 Å². The highest BCUT2D eigenvalue weighted by Crippen LogP contribution is 2.43. The molecule has 134 valence electrons. The number of amides is 1. The number of hydrogen-bond acceptors (Lipinski definition) is 3. The first-order chi connectivity index (χ1) is 13.2. The Bertz CT molecular complexity index is 1110. The number of nitrogens with zero attached hydrogens (tertiary/aromatic N) is 2. The zero-order valence-electron chi connectivity index (χ0n) is 15.0. The van der Waals surface area contributed by atoms with Gasteiger partial charge in [0, 0.05) is 24.5 Å². The van der Waals surface area contributed by atoms with E-state index in [1.165, 1.54) is 5.56 Å². The molecule has 0 radical (unpaired) electrons. The van der Waals surface area contributed by atoms with Gasteiger partial charge in [0.05, 0.1) is 16.9 Å². The molecule has 3 aromatic rings. The standard InChI is InChI=1S/C22H19N3O2/c1-3-12-27-14-8-9-18-17(13-14)15-10-11-25-21(20(15)23-18)24(2)19-7-5-4-6-16(19)22(25)26/h1,4-9,13,21,23H,10-12H2,2H3/t21-/m0/s1. The average Bonchev–Trinajstić information content (AvgIpc) is 3.08. The molecule has 1 aromatic heterocycles. The number of ether oxygens (including phenoxy) is 1. The third-order valence-electron chi connectivity index (χ3n) is 5.53. The normalized spacial score (nSPS) is 17.9. The summed E-state index contributed by atoms with van der Waals surface area (Å²) in [5.74, 6) is 3.36. The van der Waals surface area contributed by atoms with E-state index in [0.717, 1.165) is 40.0 Å². The summed E-state index contributed by atoms with van der Waals surface area (Å²) in [5.41, 5.74) is 5.11. The lowest BCUT2D eigenvalue weighted by Gasteiger charge is -2.46. The number of fused-ring (bicyclic) bond motifs is 6. The quantitative estimate of drug-likeness (QED) is 0.716. The Morgan fingerprint density at radius 2 is 2.15 bits per heavy atom. The van der Waals surface area contributed by atoms with Crippen LogP contribution in [0.4, 0.5) is 5.69 Å². The maximum absolute atomic E-state index is 13.0. The fourth-order valence-electron chi connectivity index (χ4n) is 4.33. The van der Waals surface area contributed by atoms with Crippen LogP contribution >= 0.6 is 0 Å². The Morgan fingerprint density at radius 1 is 1.30 bits per heavy atom. The molecule has 5 rings (SSSR count). The van der Waals surface area contributed by atoms with Gasteiger partial charge in [-0.25, -0.2) is 0 Å². The molecule has 0 saturated carbocycles. The lowest BCUT2D eigenvalue weighted by molar-refractivity contribution is 0.0634. The van der Waals surface area contributed by atoms with Gasteiger partial charge in [0.1, 0.15) is 18.5 Å². The van der Waals surface area contributed by atoms with Crippen molar-refractivity contribution in [3.63, 3.8) is 0 Å². The van der Waals surface area contributed by atoms with Crippen LogP contribution in [0.3, 0.4) is 0 Å². The molecule has 1 atom stereocenters. The van der Waals surface area contributed by atoms with E-state index in [1.807, 2.05) is 54.4 Å². The predicted octanol–water partition coefficient (Wildman–Crippen LogP) is 3.33. The predicted molar refractivity (Wildman–Crippen MR) is 105 cm³/mol. The van der Waals surface area contributed by atoms with Gasteiger partial charge in [-0.3, -0.25) is 4.79 Å². The first kappa shape index (κ1) is 15.8. The number of carbonyl (C=O) groups excluding carboxylic acids is 1. The summed E-state index contributed by atoms with van der Waals surface area (Å²) in [6.45, 7) is 0.945. The molecule has 2 aromatic carbocycles. The molecule has 27 heavy (non-hydrogen) atoms. The molecule has 0 saturated heterocycles. The van der Waals surface area contributed by atoms with E-state index in [2.05, 4.69) is 15.8 Å². The number of terminal acetylenes is 1. The largest absolute Gasteiger partial charge is 0.481 e. The van der Waals surface area contributed by atoms with E-state index < -0.39 is 0 Å². The van der Waals surface area contributed by atoms with Gasteiger partial charge < -0.3 is 19.5 Å². The Balaban J connectivity index is 1.64. The Morgan fingerprint density at radius 3 is 3.00 bits per heavy atom. The number of rotatable bonds is 2. The van der Waals surface area contributed by atoms with Crippen LogP contribution in [0.1, 0.15) is 27.8 Å². The number of hydrogen-bond donors (Lipinski definition) is 1. The molecule has 5 nitrogen and oxygen atoms in total. The Kier molecular flexibility index (Phi) is 3.41. The Hall–Kier alpha value is -3.39. The molecule has 5 heteroatoms. The van der Waals surface area contributed by atoms with Crippen molar-refractivity contribution in [1.29, 1.82) is 0 Å². The maximum atomic E-state index is 13.0. The van der Waals surface area contributed by atoms with Crippen molar-refractivity contribution in [2.45, 2.75) is 12.6 Å². The second-order valence-corrected chi connectivity index (χ2v) is 6.97. The third-order valence-corrected chi connectivity index (χ3v) is 5.53. The van der Waals surface area contributed by atoms with Gasteiger partial charge >= 0.3 is 0 Å². The number of aromatic nitrogens is 1. The second-order valence-electron chi connectivity index (χ2n) is 6.97. The summed E-state index contributed by atoms with van der Waals surface area (Å²) in [6, 6.07) is 13.8. The van der Waals surface area contributed by atoms with Crippen molar-refractivity contribution in [2.24, 2.45) is 0 Å². The number of nitrogens with one attached hydrogen (secondary N) is 1. The van der Waals surface area contributed by atoms with Gasteiger partial charge in [-0.15, -0.1) is 6.42 Å². The fraction of sp³-hybridized carbons (Fsp3) is 0.227. The summed E-state index contributed by atoms with van der Waals surface area (Å²) in [6.07, 6.45) is 5.98.